The first-order valence-corrected chi connectivity index (χ1v) is 6.48. The molecule has 1 saturated heterocycles. The number of hydrogen-bond donors (Lipinski definition) is 0. The highest BCUT2D eigenvalue weighted by Gasteiger charge is 2.42. The smallest absolute Gasteiger partial charge is 0.342 e. The van der Waals surface area contributed by atoms with E-state index in [0.717, 1.165) is 12.8 Å². The molecule has 0 bridgehead atoms. The van der Waals surface area contributed by atoms with Gasteiger partial charge in [-0.05, 0) is 31.6 Å². The highest BCUT2D eigenvalue weighted by atomic mass is 19.4. The molecule has 0 radical (unpaired) electrons. The summed E-state index contributed by atoms with van der Waals surface area (Å²) in [7, 11) is 0. The second-order valence-electron chi connectivity index (χ2n) is 5.19. The molecule has 2 nitrogen and oxygen atoms in total. The summed E-state index contributed by atoms with van der Waals surface area (Å²) in [6.07, 6.45) is 2.75. The lowest BCUT2D eigenvalue weighted by molar-refractivity contribution is -0.188. The van der Waals surface area contributed by atoms with Gasteiger partial charge < -0.3 is 4.90 Å². The number of amides is 1. The van der Waals surface area contributed by atoms with E-state index in [4.69, 9.17) is 0 Å². The Morgan fingerprint density at radius 3 is 2.72 bits per heavy atom. The quantitative estimate of drug-likeness (QED) is 0.699. The van der Waals surface area contributed by atoms with Crippen LogP contribution in [-0.4, -0.2) is 30.1 Å². The van der Waals surface area contributed by atoms with Crippen molar-refractivity contribution in [1.82, 2.24) is 4.90 Å². The van der Waals surface area contributed by atoms with Gasteiger partial charge in [0.05, 0.1) is 5.92 Å². The van der Waals surface area contributed by atoms with E-state index in [9.17, 15) is 18.0 Å². The van der Waals surface area contributed by atoms with Crippen LogP contribution in [0, 0.1) is 11.8 Å². The molecule has 0 saturated carbocycles. The first kappa shape index (κ1) is 13.4. The van der Waals surface area contributed by atoms with Crippen LogP contribution in [0.5, 0.6) is 0 Å². The van der Waals surface area contributed by atoms with E-state index in [1.807, 2.05) is 12.2 Å². The van der Waals surface area contributed by atoms with E-state index in [1.54, 1.807) is 0 Å². The maximum atomic E-state index is 12.6. The van der Waals surface area contributed by atoms with Gasteiger partial charge in [-0.25, -0.2) is 0 Å². The SMILES string of the molecule is O=C(C[C@@H]1C=CCC1)N1CCC[C@H](C(F)(F)F)C1. The molecule has 1 aliphatic heterocycles. The molecule has 1 aliphatic carbocycles. The Hall–Kier alpha value is -1.00. The summed E-state index contributed by atoms with van der Waals surface area (Å²) in [6, 6.07) is 0. The number of piperidine rings is 1. The minimum absolute atomic E-state index is 0.125. The number of nitrogens with zero attached hydrogens (tertiary/aromatic N) is 1. The molecule has 0 aromatic rings. The summed E-state index contributed by atoms with van der Waals surface area (Å²) >= 11 is 0. The van der Waals surface area contributed by atoms with Crippen molar-refractivity contribution in [2.24, 2.45) is 11.8 Å². The molecule has 1 heterocycles. The van der Waals surface area contributed by atoms with Crippen LogP contribution in [0.25, 0.3) is 0 Å². The van der Waals surface area contributed by atoms with Crippen LogP contribution >= 0.6 is 0 Å². The van der Waals surface area contributed by atoms with Crippen LogP contribution in [0.3, 0.4) is 0 Å². The molecule has 0 aromatic heterocycles. The van der Waals surface area contributed by atoms with E-state index < -0.39 is 12.1 Å². The second-order valence-corrected chi connectivity index (χ2v) is 5.19. The van der Waals surface area contributed by atoms with Gasteiger partial charge in [0.2, 0.25) is 5.91 Å². The molecule has 2 atom stereocenters. The molecule has 0 spiro atoms. The molecule has 102 valence electrons. The highest BCUT2D eigenvalue weighted by molar-refractivity contribution is 5.76. The predicted molar refractivity (Wildman–Crippen MR) is 61.8 cm³/mol. The van der Waals surface area contributed by atoms with E-state index in [0.29, 0.717) is 19.4 Å². The van der Waals surface area contributed by atoms with Gasteiger partial charge in [-0.15, -0.1) is 0 Å². The van der Waals surface area contributed by atoms with Gasteiger partial charge in [-0.3, -0.25) is 4.79 Å². The van der Waals surface area contributed by atoms with Gasteiger partial charge >= 0.3 is 6.18 Å². The van der Waals surface area contributed by atoms with Gasteiger partial charge in [-0.2, -0.15) is 13.2 Å². The fourth-order valence-corrected chi connectivity index (χ4v) is 2.69. The van der Waals surface area contributed by atoms with Crippen molar-refractivity contribution in [2.75, 3.05) is 13.1 Å². The van der Waals surface area contributed by atoms with Crippen molar-refractivity contribution in [2.45, 2.75) is 38.3 Å². The largest absolute Gasteiger partial charge is 0.393 e. The van der Waals surface area contributed by atoms with E-state index in [1.165, 1.54) is 4.90 Å². The van der Waals surface area contributed by atoms with Gasteiger partial charge in [0.25, 0.3) is 0 Å². The molecule has 1 amide bonds. The van der Waals surface area contributed by atoms with E-state index >= 15 is 0 Å². The lowest BCUT2D eigenvalue weighted by Crippen LogP contribution is -2.44. The Labute approximate surface area is 105 Å². The third kappa shape index (κ3) is 3.27. The molecular formula is C13H18F3NO. The number of hydrogen-bond acceptors (Lipinski definition) is 1. The maximum Gasteiger partial charge on any atom is 0.393 e. The predicted octanol–water partition coefficient (Wildman–Crippen LogP) is 3.14. The lowest BCUT2D eigenvalue weighted by Gasteiger charge is -2.34. The van der Waals surface area contributed by atoms with Crippen LogP contribution in [0.15, 0.2) is 12.2 Å². The maximum absolute atomic E-state index is 12.6. The molecule has 0 aromatic carbocycles. The Bertz CT molecular complexity index is 338. The average molecular weight is 261 g/mol. The second kappa shape index (κ2) is 5.33. The first-order chi connectivity index (χ1) is 8.47. The van der Waals surface area contributed by atoms with Crippen LogP contribution < -0.4 is 0 Å². The molecule has 18 heavy (non-hydrogen) atoms. The number of alkyl halides is 3. The summed E-state index contributed by atoms with van der Waals surface area (Å²) in [6.45, 7) is 0.320. The fraction of sp³-hybridized carbons (Fsp3) is 0.769. The molecule has 2 aliphatic rings. The summed E-state index contributed by atoms with van der Waals surface area (Å²) in [5.74, 6) is -1.24. The fourth-order valence-electron chi connectivity index (χ4n) is 2.69. The summed E-state index contributed by atoms with van der Waals surface area (Å²) in [4.78, 5) is 13.3. The molecule has 5 heteroatoms. The molecule has 1 fully saturated rings. The van der Waals surface area contributed by atoms with Crippen molar-refractivity contribution < 1.29 is 18.0 Å². The number of likely N-dealkylation sites (tertiary alicyclic amines) is 1. The molecular weight excluding hydrogens is 243 g/mol. The van der Waals surface area contributed by atoms with Crippen LogP contribution in [-0.2, 0) is 4.79 Å². The van der Waals surface area contributed by atoms with Crippen LogP contribution in [0.4, 0.5) is 13.2 Å². The third-order valence-corrected chi connectivity index (χ3v) is 3.79. The molecule has 2 rings (SSSR count). The zero-order valence-corrected chi connectivity index (χ0v) is 10.2. The van der Waals surface area contributed by atoms with Crippen LogP contribution in [0.1, 0.15) is 32.1 Å². The highest BCUT2D eigenvalue weighted by Crippen LogP contribution is 2.33. The zero-order chi connectivity index (χ0) is 13.2. The Balaban J connectivity index is 1.88. The monoisotopic (exact) mass is 261 g/mol. The lowest BCUT2D eigenvalue weighted by atomic mass is 9.96. The molecule has 0 N–H and O–H groups in total. The minimum Gasteiger partial charge on any atom is -0.342 e. The Kier molecular flexibility index (Phi) is 3.97. The van der Waals surface area contributed by atoms with Crippen molar-refractivity contribution in [1.29, 1.82) is 0 Å². The number of carbonyl (C=O) groups is 1. The minimum atomic E-state index is -4.17. The topological polar surface area (TPSA) is 20.3 Å². The first-order valence-electron chi connectivity index (χ1n) is 6.48. The summed E-state index contributed by atoms with van der Waals surface area (Å²) in [5.41, 5.74) is 0. The summed E-state index contributed by atoms with van der Waals surface area (Å²) in [5, 5.41) is 0. The van der Waals surface area contributed by atoms with E-state index in [2.05, 4.69) is 0 Å². The van der Waals surface area contributed by atoms with Gasteiger partial charge in [-0.1, -0.05) is 12.2 Å². The zero-order valence-electron chi connectivity index (χ0n) is 10.2. The normalized spacial score (nSPS) is 28.7. The van der Waals surface area contributed by atoms with Gasteiger partial charge in [0.1, 0.15) is 0 Å². The number of rotatable bonds is 2. The number of halogens is 3. The van der Waals surface area contributed by atoms with Crippen LogP contribution in [0.2, 0.25) is 0 Å². The molecule has 0 unspecified atom stereocenters. The third-order valence-electron chi connectivity index (χ3n) is 3.79. The standard InChI is InChI=1S/C13H18F3NO/c14-13(15,16)11-6-3-7-17(9-11)12(18)8-10-4-1-2-5-10/h1,4,10-11H,2-3,5-9H2/t10-,11+/m1/s1. The van der Waals surface area contributed by atoms with Gasteiger partial charge in [0, 0.05) is 19.5 Å². The number of carbonyl (C=O) groups excluding carboxylic acids is 1. The number of allylic oxidation sites excluding steroid dienone is 2. The Morgan fingerprint density at radius 2 is 2.11 bits per heavy atom. The van der Waals surface area contributed by atoms with Crippen molar-refractivity contribution in [3.63, 3.8) is 0 Å². The summed E-state index contributed by atoms with van der Waals surface area (Å²) < 4.78 is 37.9. The van der Waals surface area contributed by atoms with Crippen molar-refractivity contribution in [3.05, 3.63) is 12.2 Å². The van der Waals surface area contributed by atoms with Crippen molar-refractivity contribution in [3.8, 4) is 0 Å². The average Bonchev–Trinajstić information content (AvgIpc) is 2.81. The van der Waals surface area contributed by atoms with Crippen molar-refractivity contribution >= 4 is 5.91 Å². The Morgan fingerprint density at radius 1 is 1.33 bits per heavy atom. The van der Waals surface area contributed by atoms with E-state index in [-0.39, 0.29) is 24.8 Å². The van der Waals surface area contributed by atoms with Gasteiger partial charge in [0.15, 0.2) is 0 Å².